The highest BCUT2D eigenvalue weighted by Crippen LogP contribution is 2.13. The molecule has 1 aromatic rings. The van der Waals surface area contributed by atoms with E-state index in [1.165, 1.54) is 17.9 Å². The molecule has 0 fully saturated rings. The fourth-order valence-corrected chi connectivity index (χ4v) is 1.70. The lowest BCUT2D eigenvalue weighted by atomic mass is 10.1. The van der Waals surface area contributed by atoms with Crippen molar-refractivity contribution >= 4 is 22.6 Å². The molecule has 0 aromatic carbocycles. The largest absolute Gasteiger partial charge is 0.481 e. The minimum absolute atomic E-state index is 0.0505. The van der Waals surface area contributed by atoms with E-state index >= 15 is 0 Å². The molecule has 0 saturated carbocycles. The zero-order chi connectivity index (χ0) is 10.4. The predicted octanol–water partition coefficient (Wildman–Crippen LogP) is 1.59. The zero-order valence-electron chi connectivity index (χ0n) is 7.93. The Labute approximate surface area is 86.3 Å². The van der Waals surface area contributed by atoms with Crippen LogP contribution in [0.2, 0.25) is 0 Å². The van der Waals surface area contributed by atoms with Gasteiger partial charge in [-0.15, -0.1) is 0 Å². The molecule has 14 heavy (non-hydrogen) atoms. The Hall–Kier alpha value is -1.17. The van der Waals surface area contributed by atoms with Gasteiger partial charge in [-0.05, 0) is 6.42 Å². The molecule has 0 radical (unpaired) electrons. The maximum atomic E-state index is 10.5. The maximum absolute atomic E-state index is 10.5. The van der Waals surface area contributed by atoms with Gasteiger partial charge >= 0.3 is 5.97 Å². The third-order valence-corrected chi connectivity index (χ3v) is 2.34. The lowest BCUT2D eigenvalue weighted by Gasteiger charge is -2.14. The van der Waals surface area contributed by atoms with Crippen LogP contribution in [-0.2, 0) is 4.79 Å². The maximum Gasteiger partial charge on any atom is 0.305 e. The Morgan fingerprint density at radius 2 is 2.57 bits per heavy atom. The van der Waals surface area contributed by atoms with Crippen LogP contribution in [0.4, 0.5) is 5.13 Å². The summed E-state index contributed by atoms with van der Waals surface area (Å²) in [6, 6.07) is -0.0505. The summed E-state index contributed by atoms with van der Waals surface area (Å²) in [5.74, 6) is -0.791. The summed E-state index contributed by atoms with van der Waals surface area (Å²) < 4.78 is 3.84. The Kier molecular flexibility index (Phi) is 4.31. The van der Waals surface area contributed by atoms with E-state index in [2.05, 4.69) is 14.7 Å². The van der Waals surface area contributed by atoms with Crippen LogP contribution in [-0.4, -0.2) is 26.5 Å². The molecular weight excluding hydrogens is 202 g/mol. The standard InChI is InChI=1S/C8H13N3O2S/c1-2-3-6(4-7(12)13)11-8-9-5-10-14-8/h5-6H,2-4H2,1H3,(H,12,13)(H,9,10,11). The Morgan fingerprint density at radius 1 is 1.79 bits per heavy atom. The third kappa shape index (κ3) is 3.69. The quantitative estimate of drug-likeness (QED) is 0.753. The van der Waals surface area contributed by atoms with Crippen molar-refractivity contribution in [3.8, 4) is 0 Å². The lowest BCUT2D eigenvalue weighted by molar-refractivity contribution is -0.137. The first kappa shape index (κ1) is 10.9. The van der Waals surface area contributed by atoms with Gasteiger partial charge in [-0.1, -0.05) is 13.3 Å². The number of rotatable bonds is 6. The molecular formula is C8H13N3O2S. The fraction of sp³-hybridized carbons (Fsp3) is 0.625. The number of nitrogens with one attached hydrogen (secondary N) is 1. The molecule has 78 valence electrons. The topological polar surface area (TPSA) is 75.1 Å². The predicted molar refractivity (Wildman–Crippen MR) is 54.5 cm³/mol. The minimum Gasteiger partial charge on any atom is -0.481 e. The molecule has 1 unspecified atom stereocenters. The van der Waals surface area contributed by atoms with Crippen LogP contribution in [0.3, 0.4) is 0 Å². The highest BCUT2D eigenvalue weighted by Gasteiger charge is 2.12. The second kappa shape index (κ2) is 5.54. The van der Waals surface area contributed by atoms with E-state index < -0.39 is 5.97 Å². The first-order chi connectivity index (χ1) is 6.72. The van der Waals surface area contributed by atoms with Crippen molar-refractivity contribution < 1.29 is 9.90 Å². The Morgan fingerprint density at radius 3 is 3.07 bits per heavy atom. The molecule has 1 aromatic heterocycles. The van der Waals surface area contributed by atoms with Crippen molar-refractivity contribution in [1.82, 2.24) is 9.36 Å². The summed E-state index contributed by atoms with van der Waals surface area (Å²) in [5, 5.41) is 12.4. The molecule has 0 bridgehead atoms. The van der Waals surface area contributed by atoms with Gasteiger partial charge in [0, 0.05) is 17.6 Å². The Balaban J connectivity index is 2.46. The molecule has 2 N–H and O–H groups in total. The van der Waals surface area contributed by atoms with E-state index in [0.717, 1.165) is 12.8 Å². The summed E-state index contributed by atoms with van der Waals surface area (Å²) in [6.45, 7) is 2.02. The normalized spacial score (nSPS) is 12.4. The van der Waals surface area contributed by atoms with Gasteiger partial charge < -0.3 is 10.4 Å². The highest BCUT2D eigenvalue weighted by atomic mass is 32.1. The summed E-state index contributed by atoms with van der Waals surface area (Å²) in [7, 11) is 0. The van der Waals surface area contributed by atoms with E-state index in [1.807, 2.05) is 6.92 Å². The van der Waals surface area contributed by atoms with Crippen molar-refractivity contribution in [3.05, 3.63) is 6.33 Å². The second-order valence-corrected chi connectivity index (χ2v) is 3.75. The number of aromatic nitrogens is 2. The van der Waals surface area contributed by atoms with Gasteiger partial charge in [-0.2, -0.15) is 4.37 Å². The van der Waals surface area contributed by atoms with Crippen LogP contribution in [0.1, 0.15) is 26.2 Å². The van der Waals surface area contributed by atoms with Gasteiger partial charge in [-0.25, -0.2) is 4.98 Å². The van der Waals surface area contributed by atoms with Crippen molar-refractivity contribution in [3.63, 3.8) is 0 Å². The fourth-order valence-electron chi connectivity index (χ4n) is 1.20. The van der Waals surface area contributed by atoms with Crippen molar-refractivity contribution in [2.45, 2.75) is 32.2 Å². The van der Waals surface area contributed by atoms with Gasteiger partial charge in [0.05, 0.1) is 6.42 Å². The smallest absolute Gasteiger partial charge is 0.305 e. The molecule has 0 amide bonds. The molecule has 0 aliphatic rings. The minimum atomic E-state index is -0.791. The lowest BCUT2D eigenvalue weighted by Crippen LogP contribution is -2.22. The monoisotopic (exact) mass is 215 g/mol. The molecule has 5 nitrogen and oxygen atoms in total. The first-order valence-corrected chi connectivity index (χ1v) is 5.24. The van der Waals surface area contributed by atoms with Gasteiger partial charge in [0.25, 0.3) is 0 Å². The number of carboxylic acids is 1. The van der Waals surface area contributed by atoms with Crippen LogP contribution < -0.4 is 5.32 Å². The van der Waals surface area contributed by atoms with Crippen LogP contribution in [0.5, 0.6) is 0 Å². The average Bonchev–Trinajstić information content (AvgIpc) is 2.56. The van der Waals surface area contributed by atoms with Gasteiger partial charge in [0.2, 0.25) is 5.13 Å². The molecule has 1 atom stereocenters. The number of aliphatic carboxylic acids is 1. The van der Waals surface area contributed by atoms with Gasteiger partial charge in [0.1, 0.15) is 6.33 Å². The zero-order valence-corrected chi connectivity index (χ0v) is 8.75. The summed E-state index contributed by atoms with van der Waals surface area (Å²) in [4.78, 5) is 14.5. The van der Waals surface area contributed by atoms with Gasteiger partial charge in [0.15, 0.2) is 0 Å². The van der Waals surface area contributed by atoms with Crippen molar-refractivity contribution in [2.75, 3.05) is 5.32 Å². The molecule has 0 saturated heterocycles. The van der Waals surface area contributed by atoms with Crippen molar-refractivity contribution in [1.29, 1.82) is 0 Å². The molecule has 1 rings (SSSR count). The van der Waals surface area contributed by atoms with Crippen LogP contribution in [0.25, 0.3) is 0 Å². The van der Waals surface area contributed by atoms with Crippen molar-refractivity contribution in [2.24, 2.45) is 0 Å². The summed E-state index contributed by atoms with van der Waals surface area (Å²) in [6.07, 6.45) is 3.35. The first-order valence-electron chi connectivity index (χ1n) is 4.47. The van der Waals surface area contributed by atoms with E-state index in [1.54, 1.807) is 0 Å². The number of carboxylic acid groups (broad SMARTS) is 1. The molecule has 0 aliphatic carbocycles. The van der Waals surface area contributed by atoms with Crippen LogP contribution >= 0.6 is 11.5 Å². The molecule has 0 spiro atoms. The molecule has 0 aliphatic heterocycles. The van der Waals surface area contributed by atoms with E-state index in [4.69, 9.17) is 5.11 Å². The Bertz CT molecular complexity index is 276. The van der Waals surface area contributed by atoms with Crippen LogP contribution in [0, 0.1) is 0 Å². The van der Waals surface area contributed by atoms with E-state index in [-0.39, 0.29) is 12.5 Å². The van der Waals surface area contributed by atoms with E-state index in [0.29, 0.717) is 5.13 Å². The summed E-state index contributed by atoms with van der Waals surface area (Å²) >= 11 is 1.24. The van der Waals surface area contributed by atoms with Gasteiger partial charge in [-0.3, -0.25) is 4.79 Å². The second-order valence-electron chi connectivity index (χ2n) is 2.97. The number of nitrogens with zero attached hydrogens (tertiary/aromatic N) is 2. The third-order valence-electron chi connectivity index (χ3n) is 1.75. The van der Waals surface area contributed by atoms with E-state index in [9.17, 15) is 4.79 Å². The number of hydrogen-bond donors (Lipinski definition) is 2. The average molecular weight is 215 g/mol. The number of hydrogen-bond acceptors (Lipinski definition) is 5. The summed E-state index contributed by atoms with van der Waals surface area (Å²) in [5.41, 5.74) is 0. The SMILES string of the molecule is CCCC(CC(=O)O)Nc1ncns1. The highest BCUT2D eigenvalue weighted by molar-refractivity contribution is 7.09. The molecule has 6 heteroatoms. The number of anilines is 1. The number of carbonyl (C=O) groups is 1. The van der Waals surface area contributed by atoms with Crippen LogP contribution in [0.15, 0.2) is 6.33 Å². The molecule has 1 heterocycles.